The normalized spacial score (nSPS) is 20.5. The van der Waals surface area contributed by atoms with Gasteiger partial charge in [0.1, 0.15) is 0 Å². The van der Waals surface area contributed by atoms with Crippen molar-refractivity contribution >= 4 is 11.9 Å². The van der Waals surface area contributed by atoms with E-state index in [1.807, 2.05) is 0 Å². The summed E-state index contributed by atoms with van der Waals surface area (Å²) in [5, 5.41) is 2.49. The third-order valence-corrected chi connectivity index (χ3v) is 2.23. The molecule has 0 radical (unpaired) electrons. The largest absolute Gasteiger partial charge is 0.462 e. The lowest BCUT2D eigenvalue weighted by Crippen LogP contribution is -2.33. The summed E-state index contributed by atoms with van der Waals surface area (Å²) in [4.78, 5) is 21.6. The minimum Gasteiger partial charge on any atom is -0.462 e. The fourth-order valence-corrected chi connectivity index (χ4v) is 1.37. The Kier molecular flexibility index (Phi) is 4.39. The number of ether oxygens (including phenoxy) is 2. The minimum absolute atomic E-state index is 0.502. The Labute approximate surface area is 82.8 Å². The first-order valence-electron chi connectivity index (χ1n) is 4.68. The van der Waals surface area contributed by atoms with E-state index >= 15 is 0 Å². The SMILES string of the molecule is COC(=O)C(=O)NCCC1CCOC1. The molecule has 5 heteroatoms. The van der Waals surface area contributed by atoms with E-state index in [0.717, 1.165) is 26.1 Å². The van der Waals surface area contributed by atoms with Crippen molar-refractivity contribution < 1.29 is 19.1 Å². The fourth-order valence-electron chi connectivity index (χ4n) is 1.37. The maximum Gasteiger partial charge on any atom is 0.396 e. The summed E-state index contributed by atoms with van der Waals surface area (Å²) >= 11 is 0. The zero-order valence-electron chi connectivity index (χ0n) is 8.25. The molecule has 1 unspecified atom stereocenters. The lowest BCUT2D eigenvalue weighted by Gasteiger charge is -2.07. The highest BCUT2D eigenvalue weighted by atomic mass is 16.5. The van der Waals surface area contributed by atoms with Crippen LogP contribution in [-0.4, -0.2) is 38.7 Å². The Balaban J connectivity index is 2.08. The molecule has 1 saturated heterocycles. The lowest BCUT2D eigenvalue weighted by molar-refractivity contribution is -0.152. The van der Waals surface area contributed by atoms with Crippen LogP contribution in [0.1, 0.15) is 12.8 Å². The van der Waals surface area contributed by atoms with Crippen LogP contribution >= 0.6 is 0 Å². The smallest absolute Gasteiger partial charge is 0.396 e. The van der Waals surface area contributed by atoms with Crippen LogP contribution in [0.3, 0.4) is 0 Å². The van der Waals surface area contributed by atoms with Gasteiger partial charge in [-0.15, -0.1) is 0 Å². The van der Waals surface area contributed by atoms with Gasteiger partial charge in [-0.2, -0.15) is 0 Å². The van der Waals surface area contributed by atoms with Crippen LogP contribution in [0.2, 0.25) is 0 Å². The third-order valence-electron chi connectivity index (χ3n) is 2.23. The Hall–Kier alpha value is -1.10. The summed E-state index contributed by atoms with van der Waals surface area (Å²) in [7, 11) is 1.19. The van der Waals surface area contributed by atoms with Gasteiger partial charge < -0.3 is 14.8 Å². The molecule has 1 aliphatic heterocycles. The number of esters is 1. The average Bonchev–Trinajstić information content (AvgIpc) is 2.69. The molecule has 1 fully saturated rings. The summed E-state index contributed by atoms with van der Waals surface area (Å²) in [6.45, 7) is 2.06. The summed E-state index contributed by atoms with van der Waals surface area (Å²) in [6, 6.07) is 0. The molecule has 1 heterocycles. The van der Waals surface area contributed by atoms with E-state index in [9.17, 15) is 9.59 Å². The van der Waals surface area contributed by atoms with E-state index in [4.69, 9.17) is 4.74 Å². The maximum atomic E-state index is 10.9. The molecule has 0 spiro atoms. The molecule has 0 saturated carbocycles. The van der Waals surface area contributed by atoms with E-state index in [1.165, 1.54) is 7.11 Å². The molecule has 80 valence electrons. The number of methoxy groups -OCH3 is 1. The second-order valence-electron chi connectivity index (χ2n) is 3.27. The van der Waals surface area contributed by atoms with Gasteiger partial charge in [-0.25, -0.2) is 4.79 Å². The van der Waals surface area contributed by atoms with E-state index in [0.29, 0.717) is 12.5 Å². The predicted octanol–water partition coefficient (Wildman–Crippen LogP) is -0.298. The van der Waals surface area contributed by atoms with Gasteiger partial charge in [0.2, 0.25) is 0 Å². The highest BCUT2D eigenvalue weighted by molar-refractivity contribution is 6.32. The highest BCUT2D eigenvalue weighted by Gasteiger charge is 2.17. The predicted molar refractivity (Wildman–Crippen MR) is 48.6 cm³/mol. The van der Waals surface area contributed by atoms with Gasteiger partial charge in [-0.05, 0) is 18.8 Å². The van der Waals surface area contributed by atoms with Gasteiger partial charge in [-0.1, -0.05) is 0 Å². The Morgan fingerprint density at radius 3 is 2.93 bits per heavy atom. The van der Waals surface area contributed by atoms with Crippen LogP contribution in [0.25, 0.3) is 0 Å². The molecule has 1 aliphatic rings. The van der Waals surface area contributed by atoms with E-state index in [2.05, 4.69) is 10.1 Å². The average molecular weight is 201 g/mol. The third kappa shape index (κ3) is 3.33. The van der Waals surface area contributed by atoms with Gasteiger partial charge in [0.25, 0.3) is 0 Å². The minimum atomic E-state index is -0.840. The standard InChI is InChI=1S/C9H15NO4/c1-13-9(12)8(11)10-4-2-7-3-5-14-6-7/h7H,2-6H2,1H3,(H,10,11). The van der Waals surface area contributed by atoms with Crippen molar-refractivity contribution in [2.75, 3.05) is 26.9 Å². The molecule has 1 atom stereocenters. The molecule has 1 N–H and O–H groups in total. The molecule has 5 nitrogen and oxygen atoms in total. The van der Waals surface area contributed by atoms with Crippen molar-refractivity contribution in [1.29, 1.82) is 0 Å². The van der Waals surface area contributed by atoms with E-state index in [-0.39, 0.29) is 0 Å². The molecular formula is C9H15NO4. The number of hydrogen-bond acceptors (Lipinski definition) is 4. The van der Waals surface area contributed by atoms with Gasteiger partial charge >= 0.3 is 11.9 Å². The number of rotatable bonds is 3. The highest BCUT2D eigenvalue weighted by Crippen LogP contribution is 2.14. The van der Waals surface area contributed by atoms with Crippen molar-refractivity contribution in [3.05, 3.63) is 0 Å². The zero-order valence-corrected chi connectivity index (χ0v) is 8.25. The molecule has 0 aliphatic carbocycles. The summed E-state index contributed by atoms with van der Waals surface area (Å²) in [5.41, 5.74) is 0. The van der Waals surface area contributed by atoms with Crippen LogP contribution in [-0.2, 0) is 19.1 Å². The summed E-state index contributed by atoms with van der Waals surface area (Å²) in [6.07, 6.45) is 1.89. The number of carbonyl (C=O) groups is 2. The molecule has 0 bridgehead atoms. The van der Waals surface area contributed by atoms with Gasteiger partial charge in [0, 0.05) is 19.8 Å². The van der Waals surface area contributed by atoms with Crippen LogP contribution in [0.4, 0.5) is 0 Å². The van der Waals surface area contributed by atoms with E-state index < -0.39 is 11.9 Å². The first-order valence-corrected chi connectivity index (χ1v) is 4.68. The molecule has 0 aromatic rings. The summed E-state index contributed by atoms with van der Waals surface area (Å²) in [5.74, 6) is -1.01. The van der Waals surface area contributed by atoms with Gasteiger partial charge in [0.15, 0.2) is 0 Å². The molecule has 0 aromatic carbocycles. The van der Waals surface area contributed by atoms with Crippen molar-refractivity contribution in [2.45, 2.75) is 12.8 Å². The Morgan fingerprint density at radius 2 is 2.36 bits per heavy atom. The Morgan fingerprint density at radius 1 is 1.57 bits per heavy atom. The Bertz CT molecular complexity index is 211. The van der Waals surface area contributed by atoms with Crippen molar-refractivity contribution in [3.63, 3.8) is 0 Å². The lowest BCUT2D eigenvalue weighted by atomic mass is 10.1. The molecule has 14 heavy (non-hydrogen) atoms. The fraction of sp³-hybridized carbons (Fsp3) is 0.778. The van der Waals surface area contributed by atoms with Crippen LogP contribution in [0, 0.1) is 5.92 Å². The topological polar surface area (TPSA) is 64.6 Å². The molecule has 1 amide bonds. The molecule has 1 rings (SSSR count). The number of hydrogen-bond donors (Lipinski definition) is 1. The van der Waals surface area contributed by atoms with Crippen molar-refractivity contribution in [2.24, 2.45) is 5.92 Å². The monoisotopic (exact) mass is 201 g/mol. The van der Waals surface area contributed by atoms with Gasteiger partial charge in [-0.3, -0.25) is 4.79 Å². The van der Waals surface area contributed by atoms with E-state index in [1.54, 1.807) is 0 Å². The second-order valence-corrected chi connectivity index (χ2v) is 3.27. The number of amides is 1. The maximum absolute atomic E-state index is 10.9. The quantitative estimate of drug-likeness (QED) is 0.503. The van der Waals surface area contributed by atoms with Crippen LogP contribution in [0.5, 0.6) is 0 Å². The van der Waals surface area contributed by atoms with Crippen LogP contribution < -0.4 is 5.32 Å². The second kappa shape index (κ2) is 5.59. The zero-order chi connectivity index (χ0) is 10.4. The van der Waals surface area contributed by atoms with Crippen LogP contribution in [0.15, 0.2) is 0 Å². The molecule has 0 aromatic heterocycles. The van der Waals surface area contributed by atoms with Crippen molar-refractivity contribution in [1.82, 2.24) is 5.32 Å². The number of nitrogens with one attached hydrogen (secondary N) is 1. The van der Waals surface area contributed by atoms with Crippen molar-refractivity contribution in [3.8, 4) is 0 Å². The first kappa shape index (κ1) is 11.0. The number of carbonyl (C=O) groups excluding carboxylic acids is 2. The first-order chi connectivity index (χ1) is 6.74. The molecular weight excluding hydrogens is 186 g/mol. The summed E-state index contributed by atoms with van der Waals surface area (Å²) < 4.78 is 9.44. The van der Waals surface area contributed by atoms with Gasteiger partial charge in [0.05, 0.1) is 7.11 Å².